The van der Waals surface area contributed by atoms with E-state index in [-0.39, 0.29) is 46.9 Å². The summed E-state index contributed by atoms with van der Waals surface area (Å²) in [7, 11) is 0. The molecule has 3 amide bonds. The number of carbonyl (C=O) groups is 4. The molecule has 0 bridgehead atoms. The fraction of sp³-hybridized carbons (Fsp3) is 0.800. The zero-order valence-electron chi connectivity index (χ0n) is 68.8. The number of nitrogens with one attached hydrogen (secondary N) is 3. The summed E-state index contributed by atoms with van der Waals surface area (Å²) < 4.78 is 138. The molecule has 1 aliphatic rings. The van der Waals surface area contributed by atoms with E-state index in [9.17, 15) is 19.2 Å². The molecule has 1 fully saturated rings. The Labute approximate surface area is 691 Å². The van der Waals surface area contributed by atoms with Crippen molar-refractivity contribution in [2.24, 2.45) is 11.1 Å². The van der Waals surface area contributed by atoms with Gasteiger partial charge in [0.05, 0.1) is 338 Å². The molecule has 0 aromatic heterocycles. The van der Waals surface area contributed by atoms with Gasteiger partial charge < -0.3 is 140 Å². The lowest BCUT2D eigenvalue weighted by atomic mass is 9.81. The second kappa shape index (κ2) is 76.1. The molecular weight excluding hydrogens is 1550 g/mol. The average Bonchev–Trinajstić information content (AvgIpc) is 1.77. The van der Waals surface area contributed by atoms with Crippen LogP contribution in [0, 0.1) is 5.41 Å². The molecule has 5 N–H and O–H groups in total. The maximum absolute atomic E-state index is 14.1. The number of nitrogens with two attached hydrogens (primary N) is 1. The van der Waals surface area contributed by atoms with Crippen molar-refractivity contribution in [1.82, 2.24) is 10.6 Å². The predicted molar refractivity (Wildman–Crippen MR) is 429 cm³/mol. The van der Waals surface area contributed by atoms with Gasteiger partial charge in [0.15, 0.2) is 0 Å². The minimum Gasteiger partial charge on any atom is -0.458 e. The number of rotatable bonds is 85. The third-order valence-electron chi connectivity index (χ3n) is 16.4. The number of benzene rings is 2. The fourth-order valence-corrected chi connectivity index (χ4v) is 11.1. The van der Waals surface area contributed by atoms with Gasteiger partial charge in [-0.15, -0.1) is 0 Å². The molecule has 1 unspecified atom stereocenters. The molecule has 0 saturated heterocycles. The van der Waals surface area contributed by atoms with Gasteiger partial charge in [0.1, 0.15) is 11.6 Å². The molecule has 1 aliphatic carbocycles. The van der Waals surface area contributed by atoms with Gasteiger partial charge in [-0.3, -0.25) is 14.4 Å². The van der Waals surface area contributed by atoms with Crippen LogP contribution in [0.2, 0.25) is 10.0 Å². The van der Waals surface area contributed by atoms with Gasteiger partial charge >= 0.3 is 5.97 Å². The van der Waals surface area contributed by atoms with Crippen molar-refractivity contribution in [3.8, 4) is 0 Å². The summed E-state index contributed by atoms with van der Waals surface area (Å²) in [4.78, 5) is 53.2. The number of hydrogen-bond acceptors (Lipinski definition) is 30. The maximum Gasteiger partial charge on any atom is 0.329 e. The number of aryl methyl sites for hydroxylation is 1. The molecule has 0 aliphatic heterocycles. The molecule has 2 aromatic rings. The van der Waals surface area contributed by atoms with Crippen molar-refractivity contribution in [3.63, 3.8) is 0 Å². The molecule has 1 atom stereocenters. The Balaban J connectivity index is 0.940. The van der Waals surface area contributed by atoms with Crippen molar-refractivity contribution in [2.45, 2.75) is 83.8 Å². The zero-order valence-corrected chi connectivity index (χ0v) is 70.3. The van der Waals surface area contributed by atoms with Crippen LogP contribution < -0.4 is 21.7 Å². The monoisotopic (exact) mass is 1690 g/mol. The lowest BCUT2D eigenvalue weighted by Gasteiger charge is -2.31. The van der Waals surface area contributed by atoms with Gasteiger partial charge in [-0.1, -0.05) is 54.2 Å². The molecule has 666 valence electrons. The lowest BCUT2D eigenvalue weighted by molar-refractivity contribution is -0.159. The van der Waals surface area contributed by atoms with Crippen LogP contribution in [0.3, 0.4) is 0 Å². The van der Waals surface area contributed by atoms with Crippen molar-refractivity contribution in [2.75, 3.05) is 336 Å². The Morgan fingerprint density at radius 3 is 0.930 bits per heavy atom. The summed E-state index contributed by atoms with van der Waals surface area (Å²) in [6.07, 6.45) is 4.34. The van der Waals surface area contributed by atoms with Crippen LogP contribution in [0.15, 0.2) is 42.5 Å². The van der Waals surface area contributed by atoms with E-state index in [0.717, 1.165) is 18.4 Å². The number of hydrogen-bond donors (Lipinski definition) is 4. The van der Waals surface area contributed by atoms with Crippen LogP contribution in [0.25, 0.3) is 0 Å². The number of anilines is 1. The second-order valence-corrected chi connectivity index (χ2v) is 27.5. The van der Waals surface area contributed by atoms with Crippen molar-refractivity contribution < 1.29 is 138 Å². The number of carbonyl (C=O) groups excluding carboxylic acids is 4. The van der Waals surface area contributed by atoms with E-state index in [1.165, 1.54) is 0 Å². The van der Waals surface area contributed by atoms with Crippen LogP contribution in [-0.4, -0.2) is 366 Å². The highest BCUT2D eigenvalue weighted by Gasteiger charge is 2.42. The van der Waals surface area contributed by atoms with E-state index < -0.39 is 28.9 Å². The van der Waals surface area contributed by atoms with E-state index in [1.807, 2.05) is 12.1 Å². The van der Waals surface area contributed by atoms with Gasteiger partial charge in [-0.2, -0.15) is 0 Å². The number of amides is 3. The van der Waals surface area contributed by atoms with Crippen LogP contribution in [0.4, 0.5) is 5.69 Å². The minimum absolute atomic E-state index is 0.160. The van der Waals surface area contributed by atoms with E-state index in [2.05, 4.69) is 16.0 Å². The Hall–Kier alpha value is -4.10. The highest BCUT2D eigenvalue weighted by Crippen LogP contribution is 2.41. The Morgan fingerprint density at radius 1 is 0.391 bits per heavy atom. The first-order valence-corrected chi connectivity index (χ1v) is 41.3. The molecule has 1 saturated carbocycles. The summed E-state index contributed by atoms with van der Waals surface area (Å²) in [5.41, 5.74) is 5.46. The quantitative estimate of drug-likeness (QED) is 0.0448. The predicted octanol–water partition coefficient (Wildman–Crippen LogP) is 5.82. The number of esters is 1. The van der Waals surface area contributed by atoms with Gasteiger partial charge in [0.25, 0.3) is 5.91 Å². The topological polar surface area (TPSA) is 361 Å². The van der Waals surface area contributed by atoms with E-state index in [4.69, 9.17) is 147 Å². The molecule has 35 heteroatoms. The fourth-order valence-electron chi connectivity index (χ4n) is 10.5. The summed E-state index contributed by atoms with van der Waals surface area (Å²) in [6.45, 7) is 28.3. The average molecular weight is 1690 g/mol. The van der Waals surface area contributed by atoms with Crippen LogP contribution in [0.5, 0.6) is 0 Å². The maximum atomic E-state index is 14.1. The first kappa shape index (κ1) is 105. The molecule has 0 spiro atoms. The normalized spacial score (nSPS) is 13.1. The van der Waals surface area contributed by atoms with Crippen LogP contribution in [0.1, 0.15) is 81.6 Å². The second-order valence-electron chi connectivity index (χ2n) is 26.7. The molecular formula is C80H138Cl2N4O29. The third kappa shape index (κ3) is 62.7. The molecule has 115 heavy (non-hydrogen) atoms. The molecule has 33 nitrogen and oxygen atoms in total. The van der Waals surface area contributed by atoms with E-state index in [0.29, 0.717) is 355 Å². The SMILES string of the molecule is CC(C)(C)OC(=O)C(CCc1ccc(NC(=O)c2c(Cl)cccc2Cl)cc1)NC(=O)C1(CCNC(=O)CCOCCOCCOCCOCCOCCOCCOCCOCCOCCOCCOCCOCCOCCOCCOCCOCCOCCOCCOCCOCCOCCOCCOCCOCCN)CCCC1. The van der Waals surface area contributed by atoms with E-state index in [1.54, 1.807) is 51.1 Å². The first-order valence-electron chi connectivity index (χ1n) is 40.5. The smallest absolute Gasteiger partial charge is 0.329 e. The zero-order chi connectivity index (χ0) is 82.5. The highest BCUT2D eigenvalue weighted by molar-refractivity contribution is 6.40. The van der Waals surface area contributed by atoms with Gasteiger partial charge in [0, 0.05) is 25.2 Å². The largest absolute Gasteiger partial charge is 0.458 e. The van der Waals surface area contributed by atoms with Crippen LogP contribution in [-0.2, 0) is 139 Å². The molecule has 0 radical (unpaired) electrons. The lowest BCUT2D eigenvalue weighted by Crippen LogP contribution is -2.50. The first-order chi connectivity index (χ1) is 56.3. The summed E-state index contributed by atoms with van der Waals surface area (Å²) in [5, 5.41) is 9.27. The molecule has 0 heterocycles. The minimum atomic E-state index is -0.903. The van der Waals surface area contributed by atoms with Crippen molar-refractivity contribution in [3.05, 3.63) is 63.6 Å². The molecule has 3 rings (SSSR count). The number of ether oxygens (including phenoxy) is 25. The Morgan fingerprint density at radius 2 is 0.661 bits per heavy atom. The Kier molecular flexibility index (Phi) is 69.5. The number of halogens is 2. The summed E-state index contributed by atoms with van der Waals surface area (Å²) in [6, 6.07) is 11.1. The summed E-state index contributed by atoms with van der Waals surface area (Å²) in [5.74, 6) is -1.36. The van der Waals surface area contributed by atoms with Crippen molar-refractivity contribution >= 4 is 52.6 Å². The molecule has 2 aromatic carbocycles. The van der Waals surface area contributed by atoms with Gasteiger partial charge in [-0.05, 0) is 82.7 Å². The van der Waals surface area contributed by atoms with E-state index >= 15 is 0 Å². The van der Waals surface area contributed by atoms with Gasteiger partial charge in [-0.25, -0.2) is 4.79 Å². The summed E-state index contributed by atoms with van der Waals surface area (Å²) >= 11 is 12.4. The highest BCUT2D eigenvalue weighted by atomic mass is 35.5. The Bertz CT molecular complexity index is 2570. The van der Waals surface area contributed by atoms with Crippen molar-refractivity contribution in [1.29, 1.82) is 0 Å². The van der Waals surface area contributed by atoms with Gasteiger partial charge in [0.2, 0.25) is 11.8 Å². The third-order valence-corrected chi connectivity index (χ3v) is 17.0. The standard InChI is InChI=1S/C80H138Cl2N4O29/c1-79(2,3)115-77(89)73(14-11-69-9-12-70(13-10-69)85-76(88)75-71(81)7-6-8-72(75)82)86-78(90)80(16-4-5-17-80)18-20-84-74(87)15-21-91-23-25-93-27-29-95-31-33-97-35-37-99-39-41-101-43-45-103-47-49-105-51-53-107-55-57-109-59-61-111-63-65-113-67-68-114-66-64-112-62-60-110-58-56-108-54-52-106-50-48-104-46-44-102-42-40-100-38-36-98-34-32-96-30-28-94-26-24-92-22-19-83/h6-10,12-13,73H,4-5,11,14-68,83H2,1-3H3,(H,84,87)(H,85,88)(H,86,90). The van der Waals surface area contributed by atoms with Crippen LogP contribution >= 0.6 is 23.2 Å².